The molecule has 2 heterocycles. The first kappa shape index (κ1) is 19.2. The number of benzene rings is 1. The Morgan fingerprint density at radius 3 is 2.90 bits per heavy atom. The highest BCUT2D eigenvalue weighted by Crippen LogP contribution is 2.52. The monoisotopic (exact) mass is 431 g/mol. The Hall–Kier alpha value is -2.75. The third-order valence-electron chi connectivity index (χ3n) is 6.64. The van der Waals surface area contributed by atoms with Gasteiger partial charge in [0.05, 0.1) is 23.1 Å². The van der Waals surface area contributed by atoms with Gasteiger partial charge in [0, 0.05) is 11.7 Å². The van der Waals surface area contributed by atoms with Gasteiger partial charge in [0.15, 0.2) is 21.5 Å². The average Bonchev–Trinajstić information content (AvgIpc) is 3.28. The highest BCUT2D eigenvalue weighted by molar-refractivity contribution is 7.92. The molecule has 6 bridgehead atoms. The van der Waals surface area contributed by atoms with Crippen LogP contribution in [0.3, 0.4) is 0 Å². The minimum absolute atomic E-state index is 0.0223. The molecule has 158 valence electrons. The van der Waals surface area contributed by atoms with Gasteiger partial charge in [-0.05, 0) is 48.8 Å². The van der Waals surface area contributed by atoms with Crippen molar-refractivity contribution in [2.24, 2.45) is 23.5 Å². The van der Waals surface area contributed by atoms with E-state index in [0.717, 1.165) is 11.8 Å². The smallest absolute Gasteiger partial charge is 0.229 e. The number of primary amides is 1. The zero-order valence-electron chi connectivity index (χ0n) is 16.1. The molecule has 2 aromatic rings. The number of hydrogen-bond acceptors (Lipinski definition) is 7. The van der Waals surface area contributed by atoms with Crippen molar-refractivity contribution in [1.82, 2.24) is 9.97 Å². The van der Waals surface area contributed by atoms with Gasteiger partial charge < -0.3 is 16.4 Å². The topological polar surface area (TPSA) is 127 Å². The fraction of sp³-hybridized carbons (Fsp3) is 0.450. The second kappa shape index (κ2) is 6.90. The van der Waals surface area contributed by atoms with E-state index in [4.69, 9.17) is 5.73 Å². The van der Waals surface area contributed by atoms with Gasteiger partial charge in [-0.1, -0.05) is 12.1 Å². The summed E-state index contributed by atoms with van der Waals surface area (Å²) in [4.78, 5) is 20.4. The number of fused-ring (bicyclic) bond motifs is 5. The largest absolute Gasteiger partial charge is 0.369 e. The highest BCUT2D eigenvalue weighted by Gasteiger charge is 2.58. The molecule has 0 saturated heterocycles. The maximum Gasteiger partial charge on any atom is 0.229 e. The van der Waals surface area contributed by atoms with Gasteiger partial charge in [0.1, 0.15) is 0 Å². The fourth-order valence-corrected chi connectivity index (χ4v) is 7.53. The Balaban J connectivity index is 1.61. The summed E-state index contributed by atoms with van der Waals surface area (Å²) in [5, 5.41) is 5.46. The predicted molar refractivity (Wildman–Crippen MR) is 109 cm³/mol. The minimum Gasteiger partial charge on any atom is -0.369 e. The number of aryl methyl sites for hydroxylation is 1. The van der Waals surface area contributed by atoms with E-state index in [-0.39, 0.29) is 29.4 Å². The summed E-state index contributed by atoms with van der Waals surface area (Å²) >= 11 is 0. The zero-order chi connectivity index (χ0) is 21.0. The molecule has 1 aromatic carbocycles. The fourth-order valence-electron chi connectivity index (χ4n) is 5.35. The SMILES string of the molecule is NC(=O)[C@H]1[C@@H]2C[C@H]3[C@H]1Nc1nc(ncc1F)Nc1cccc(c1)CCS(=O)(=O)[C@@H]3C2. The number of rotatable bonds is 1. The van der Waals surface area contributed by atoms with Crippen LogP contribution in [-0.4, -0.2) is 41.3 Å². The van der Waals surface area contributed by atoms with Crippen molar-refractivity contribution in [1.29, 1.82) is 0 Å². The van der Waals surface area contributed by atoms with E-state index in [1.54, 1.807) is 6.07 Å². The van der Waals surface area contributed by atoms with Crippen molar-refractivity contribution in [3.63, 3.8) is 0 Å². The molecule has 2 fully saturated rings. The number of nitrogens with zero attached hydrogens (tertiary/aromatic N) is 2. The number of carbonyl (C=O) groups excluding carboxylic acids is 1. The van der Waals surface area contributed by atoms with E-state index in [0.29, 0.717) is 24.9 Å². The van der Waals surface area contributed by atoms with Crippen molar-refractivity contribution >= 4 is 33.2 Å². The van der Waals surface area contributed by atoms with Gasteiger partial charge in [-0.25, -0.2) is 17.8 Å². The summed E-state index contributed by atoms with van der Waals surface area (Å²) in [6.45, 7) is 0. The lowest BCUT2D eigenvalue weighted by Crippen LogP contribution is -2.49. The first-order valence-corrected chi connectivity index (χ1v) is 11.7. The molecule has 0 radical (unpaired) electrons. The molecule has 2 aliphatic carbocycles. The summed E-state index contributed by atoms with van der Waals surface area (Å²) < 4.78 is 40.8. The Labute approximate surface area is 173 Å². The number of hydrogen-bond donors (Lipinski definition) is 3. The van der Waals surface area contributed by atoms with Gasteiger partial charge in [-0.3, -0.25) is 4.79 Å². The number of halogens is 1. The molecule has 0 unspecified atom stereocenters. The summed E-state index contributed by atoms with van der Waals surface area (Å²) in [5.74, 6) is -2.04. The molecule has 10 heteroatoms. The van der Waals surface area contributed by atoms with Gasteiger partial charge in [-0.2, -0.15) is 4.98 Å². The number of amides is 1. The Kier molecular flexibility index (Phi) is 4.42. The number of sulfone groups is 1. The lowest BCUT2D eigenvalue weighted by atomic mass is 9.83. The quantitative estimate of drug-likeness (QED) is 0.626. The predicted octanol–water partition coefficient (Wildman–Crippen LogP) is 1.62. The molecule has 0 spiro atoms. The molecule has 4 N–H and O–H groups in total. The molecule has 2 saturated carbocycles. The van der Waals surface area contributed by atoms with Crippen LogP contribution in [0.4, 0.5) is 21.8 Å². The van der Waals surface area contributed by atoms with Gasteiger partial charge in [0.2, 0.25) is 11.9 Å². The second-order valence-electron chi connectivity index (χ2n) is 8.36. The van der Waals surface area contributed by atoms with Crippen LogP contribution in [-0.2, 0) is 21.1 Å². The van der Waals surface area contributed by atoms with Crippen LogP contribution in [0.1, 0.15) is 18.4 Å². The van der Waals surface area contributed by atoms with E-state index < -0.39 is 38.8 Å². The van der Waals surface area contributed by atoms with E-state index in [2.05, 4.69) is 20.6 Å². The molecule has 3 aliphatic rings. The lowest BCUT2D eigenvalue weighted by Gasteiger charge is -2.35. The van der Waals surface area contributed by atoms with Gasteiger partial charge in [0.25, 0.3) is 0 Å². The number of nitrogens with one attached hydrogen (secondary N) is 2. The third-order valence-corrected chi connectivity index (χ3v) is 8.88. The van der Waals surface area contributed by atoms with Gasteiger partial charge in [-0.15, -0.1) is 0 Å². The van der Waals surface area contributed by atoms with Crippen LogP contribution in [0.25, 0.3) is 0 Å². The number of anilines is 3. The number of carbonyl (C=O) groups is 1. The molecular weight excluding hydrogens is 409 g/mol. The average molecular weight is 431 g/mol. The summed E-state index contributed by atoms with van der Waals surface area (Å²) in [7, 11) is -3.41. The van der Waals surface area contributed by atoms with Crippen LogP contribution < -0.4 is 16.4 Å². The van der Waals surface area contributed by atoms with Crippen LogP contribution in [0.2, 0.25) is 0 Å². The number of nitrogens with two attached hydrogens (primary N) is 1. The lowest BCUT2D eigenvalue weighted by molar-refractivity contribution is -0.123. The molecule has 1 amide bonds. The maximum atomic E-state index is 14.5. The third kappa shape index (κ3) is 3.19. The van der Waals surface area contributed by atoms with Crippen molar-refractivity contribution < 1.29 is 17.6 Å². The van der Waals surface area contributed by atoms with E-state index in [9.17, 15) is 17.6 Å². The molecule has 5 rings (SSSR count). The van der Waals surface area contributed by atoms with Crippen molar-refractivity contribution in [2.45, 2.75) is 30.6 Å². The molecular formula is C20H22FN5O3S. The molecule has 8 nitrogen and oxygen atoms in total. The van der Waals surface area contributed by atoms with Crippen LogP contribution in [0.15, 0.2) is 30.5 Å². The van der Waals surface area contributed by atoms with E-state index >= 15 is 0 Å². The molecule has 5 atom stereocenters. The van der Waals surface area contributed by atoms with Gasteiger partial charge >= 0.3 is 0 Å². The van der Waals surface area contributed by atoms with Crippen molar-refractivity contribution in [3.8, 4) is 0 Å². The summed E-state index contributed by atoms with van der Waals surface area (Å²) in [6.07, 6.45) is 2.42. The van der Waals surface area contributed by atoms with Crippen LogP contribution in [0.5, 0.6) is 0 Å². The molecule has 1 aliphatic heterocycles. The van der Waals surface area contributed by atoms with Crippen molar-refractivity contribution in [2.75, 3.05) is 16.4 Å². The first-order valence-electron chi connectivity index (χ1n) is 9.98. The Morgan fingerprint density at radius 1 is 1.27 bits per heavy atom. The van der Waals surface area contributed by atoms with E-state index in [1.807, 2.05) is 18.2 Å². The Morgan fingerprint density at radius 2 is 2.10 bits per heavy atom. The van der Waals surface area contributed by atoms with Crippen LogP contribution >= 0.6 is 0 Å². The van der Waals surface area contributed by atoms with E-state index in [1.165, 1.54) is 0 Å². The zero-order valence-corrected chi connectivity index (χ0v) is 16.9. The number of aromatic nitrogens is 2. The summed E-state index contributed by atoms with van der Waals surface area (Å²) in [5.41, 5.74) is 7.19. The molecule has 30 heavy (non-hydrogen) atoms. The summed E-state index contributed by atoms with van der Waals surface area (Å²) in [6, 6.07) is 6.75. The normalized spacial score (nSPS) is 31.3. The molecule has 1 aromatic heterocycles. The maximum absolute atomic E-state index is 14.5. The van der Waals surface area contributed by atoms with Crippen molar-refractivity contribution in [3.05, 3.63) is 41.8 Å². The standard InChI is InChI=1S/C20H22FN5O3S/c21-14-9-23-20-24-12-3-1-2-10(6-12)4-5-30(28,29)15-8-11-7-13(15)17(16(11)18(22)27)25-19(14)26-20/h1-3,6,9,11,13,15-17H,4-5,7-8H2,(H2,22,27)(H2,23,24,25,26)/t11-,13-,15-,16+,17-/m1/s1. The first-order chi connectivity index (χ1) is 14.3. The Bertz CT molecular complexity index is 1130. The highest BCUT2D eigenvalue weighted by atomic mass is 32.2. The minimum atomic E-state index is -3.41. The van der Waals surface area contributed by atoms with Crippen LogP contribution in [0, 0.1) is 23.6 Å². The second-order valence-corrected chi connectivity index (χ2v) is 10.7.